The van der Waals surface area contributed by atoms with E-state index in [4.69, 9.17) is 0 Å². The van der Waals surface area contributed by atoms with E-state index in [1.165, 1.54) is 0 Å². The number of hydrogen-bond donors (Lipinski definition) is 0. The average Bonchev–Trinajstić information content (AvgIpc) is 2.76. The fourth-order valence-corrected chi connectivity index (χ4v) is 1.95. The molecule has 0 N–H and O–H groups in total. The molecule has 0 aliphatic carbocycles. The van der Waals surface area contributed by atoms with Gasteiger partial charge in [0.15, 0.2) is 0 Å². The second-order valence-electron chi connectivity index (χ2n) is 3.37. The highest BCUT2D eigenvalue weighted by Gasteiger charge is 2.13. The molecule has 2 rings (SSSR count). The van der Waals surface area contributed by atoms with Crippen LogP contribution in [0.2, 0.25) is 0 Å². The Morgan fingerprint density at radius 3 is 2.94 bits per heavy atom. The summed E-state index contributed by atoms with van der Waals surface area (Å²) in [5.74, 6) is 0.000602. The molecule has 0 fully saturated rings. The van der Waals surface area contributed by atoms with E-state index in [1.807, 2.05) is 25.1 Å². The maximum atomic E-state index is 12.2. The monoisotopic (exact) mass is 278 g/mol. The molecule has 82 valence electrons. The zero-order valence-corrected chi connectivity index (χ0v) is 10.4. The fourth-order valence-electron chi connectivity index (χ4n) is 1.56. The van der Waals surface area contributed by atoms with Crippen LogP contribution in [0.3, 0.4) is 0 Å². The minimum Gasteiger partial charge on any atom is -0.287 e. The Balaban J connectivity index is 2.39. The molecule has 0 aliphatic heterocycles. The number of benzene rings is 1. The van der Waals surface area contributed by atoms with Crippen molar-refractivity contribution in [1.29, 1.82) is 0 Å². The normalized spacial score (nSPS) is 10.4. The molecule has 0 bridgehead atoms. The van der Waals surface area contributed by atoms with E-state index in [0.717, 1.165) is 4.47 Å². The molecule has 3 nitrogen and oxygen atoms in total. The molecule has 2 aromatic rings. The molecule has 0 atom stereocenters. The summed E-state index contributed by atoms with van der Waals surface area (Å²) in [5, 5.41) is 4.09. The number of ketones is 1. The molecule has 16 heavy (non-hydrogen) atoms. The first-order valence-electron chi connectivity index (χ1n) is 5.04. The largest absolute Gasteiger partial charge is 0.287 e. The molecule has 1 aromatic heterocycles. The Hall–Kier alpha value is -1.42. The van der Waals surface area contributed by atoms with Gasteiger partial charge in [0.25, 0.3) is 0 Å². The van der Waals surface area contributed by atoms with E-state index >= 15 is 0 Å². The van der Waals surface area contributed by atoms with Gasteiger partial charge in [-0.15, -0.1) is 0 Å². The lowest BCUT2D eigenvalue weighted by Gasteiger charge is -2.04. The molecule has 0 aliphatic rings. The maximum Gasteiger partial charge on any atom is 0.211 e. The van der Waals surface area contributed by atoms with Gasteiger partial charge >= 0.3 is 0 Å². The zero-order valence-electron chi connectivity index (χ0n) is 8.85. The second kappa shape index (κ2) is 4.61. The first-order chi connectivity index (χ1) is 7.72. The van der Waals surface area contributed by atoms with Crippen LogP contribution in [0.1, 0.15) is 23.0 Å². The van der Waals surface area contributed by atoms with Crippen molar-refractivity contribution in [1.82, 2.24) is 9.78 Å². The minimum absolute atomic E-state index is 0.000602. The van der Waals surface area contributed by atoms with Crippen molar-refractivity contribution in [3.63, 3.8) is 0 Å². The number of carbonyl (C=O) groups is 1. The van der Waals surface area contributed by atoms with E-state index in [2.05, 4.69) is 21.0 Å². The number of aromatic nitrogens is 2. The lowest BCUT2D eigenvalue weighted by Crippen LogP contribution is -2.10. The Bertz CT molecular complexity index is 519. The molecule has 0 radical (unpaired) electrons. The van der Waals surface area contributed by atoms with Crippen LogP contribution in [0, 0.1) is 0 Å². The van der Waals surface area contributed by atoms with Crippen LogP contribution >= 0.6 is 15.9 Å². The molecule has 1 aromatic carbocycles. The lowest BCUT2D eigenvalue weighted by molar-refractivity contribution is 0.102. The van der Waals surface area contributed by atoms with Crippen LogP contribution in [0.25, 0.3) is 0 Å². The quantitative estimate of drug-likeness (QED) is 0.810. The Labute approximate surface area is 102 Å². The highest BCUT2D eigenvalue weighted by atomic mass is 79.9. The second-order valence-corrected chi connectivity index (χ2v) is 4.29. The number of hydrogen-bond acceptors (Lipinski definition) is 2. The van der Waals surface area contributed by atoms with E-state index in [-0.39, 0.29) is 5.78 Å². The van der Waals surface area contributed by atoms with Crippen LogP contribution in [-0.4, -0.2) is 15.6 Å². The van der Waals surface area contributed by atoms with Gasteiger partial charge in [-0.2, -0.15) is 5.10 Å². The van der Waals surface area contributed by atoms with Gasteiger partial charge in [-0.05, 0) is 25.1 Å². The Kier molecular flexibility index (Phi) is 3.19. The summed E-state index contributed by atoms with van der Waals surface area (Å²) in [7, 11) is 0. The smallest absolute Gasteiger partial charge is 0.211 e. The summed E-state index contributed by atoms with van der Waals surface area (Å²) < 4.78 is 2.60. The van der Waals surface area contributed by atoms with Crippen molar-refractivity contribution >= 4 is 21.7 Å². The van der Waals surface area contributed by atoms with E-state index < -0.39 is 0 Å². The Morgan fingerprint density at radius 2 is 2.25 bits per heavy atom. The maximum absolute atomic E-state index is 12.2. The van der Waals surface area contributed by atoms with Gasteiger partial charge in [-0.1, -0.05) is 28.1 Å². The van der Waals surface area contributed by atoms with Crippen LogP contribution in [0.5, 0.6) is 0 Å². The van der Waals surface area contributed by atoms with Gasteiger partial charge in [0, 0.05) is 22.8 Å². The number of nitrogens with zero attached hydrogens (tertiary/aromatic N) is 2. The minimum atomic E-state index is 0.000602. The molecule has 1 heterocycles. The van der Waals surface area contributed by atoms with Crippen LogP contribution < -0.4 is 0 Å². The number of rotatable bonds is 3. The third kappa shape index (κ3) is 2.07. The van der Waals surface area contributed by atoms with Crippen molar-refractivity contribution in [3.8, 4) is 0 Å². The SMILES string of the molecule is CCn1nccc1C(=O)c1cccc(Br)c1. The van der Waals surface area contributed by atoms with Gasteiger partial charge in [0.1, 0.15) is 5.69 Å². The fraction of sp³-hybridized carbons (Fsp3) is 0.167. The number of aryl methyl sites for hydroxylation is 1. The van der Waals surface area contributed by atoms with Crippen molar-refractivity contribution < 1.29 is 4.79 Å². The summed E-state index contributed by atoms with van der Waals surface area (Å²) >= 11 is 3.35. The van der Waals surface area contributed by atoms with Crippen molar-refractivity contribution in [2.45, 2.75) is 13.5 Å². The van der Waals surface area contributed by atoms with Crippen molar-refractivity contribution in [2.24, 2.45) is 0 Å². The lowest BCUT2D eigenvalue weighted by atomic mass is 10.1. The topological polar surface area (TPSA) is 34.9 Å². The van der Waals surface area contributed by atoms with Crippen LogP contribution in [0.15, 0.2) is 41.0 Å². The van der Waals surface area contributed by atoms with Crippen LogP contribution in [0.4, 0.5) is 0 Å². The molecule has 0 saturated carbocycles. The first kappa shape index (κ1) is 11.1. The zero-order chi connectivity index (χ0) is 11.5. The van der Waals surface area contributed by atoms with Gasteiger partial charge in [-0.3, -0.25) is 9.48 Å². The van der Waals surface area contributed by atoms with E-state index in [1.54, 1.807) is 23.0 Å². The average molecular weight is 279 g/mol. The van der Waals surface area contributed by atoms with Gasteiger partial charge in [-0.25, -0.2) is 0 Å². The molecule has 0 unspecified atom stereocenters. The molecule has 4 heteroatoms. The Morgan fingerprint density at radius 1 is 1.44 bits per heavy atom. The first-order valence-corrected chi connectivity index (χ1v) is 5.83. The summed E-state index contributed by atoms with van der Waals surface area (Å²) in [6.07, 6.45) is 1.65. The molecule has 0 spiro atoms. The molecular weight excluding hydrogens is 268 g/mol. The third-order valence-electron chi connectivity index (χ3n) is 2.34. The summed E-state index contributed by atoms with van der Waals surface area (Å²) in [6, 6.07) is 9.11. The van der Waals surface area contributed by atoms with Gasteiger partial charge < -0.3 is 0 Å². The summed E-state index contributed by atoms with van der Waals surface area (Å²) in [4.78, 5) is 12.2. The van der Waals surface area contributed by atoms with Gasteiger partial charge in [0.2, 0.25) is 5.78 Å². The molecule has 0 saturated heterocycles. The molecule has 0 amide bonds. The summed E-state index contributed by atoms with van der Waals surface area (Å²) in [6.45, 7) is 2.66. The highest BCUT2D eigenvalue weighted by molar-refractivity contribution is 9.10. The predicted octanol–water partition coefficient (Wildman–Crippen LogP) is 2.90. The van der Waals surface area contributed by atoms with Crippen LogP contribution in [-0.2, 0) is 6.54 Å². The van der Waals surface area contributed by atoms with E-state index in [0.29, 0.717) is 17.8 Å². The highest BCUT2D eigenvalue weighted by Crippen LogP contribution is 2.15. The standard InChI is InChI=1S/C12H11BrN2O/c1-2-15-11(6-7-14-15)12(16)9-4-3-5-10(13)8-9/h3-8H,2H2,1H3. The van der Waals surface area contributed by atoms with Crippen molar-refractivity contribution in [2.75, 3.05) is 0 Å². The third-order valence-corrected chi connectivity index (χ3v) is 2.83. The van der Waals surface area contributed by atoms with Gasteiger partial charge in [0.05, 0.1) is 0 Å². The summed E-state index contributed by atoms with van der Waals surface area (Å²) in [5.41, 5.74) is 1.30. The van der Waals surface area contributed by atoms with E-state index in [9.17, 15) is 4.79 Å². The predicted molar refractivity (Wildman–Crippen MR) is 65.5 cm³/mol. The van der Waals surface area contributed by atoms with Crippen molar-refractivity contribution in [3.05, 3.63) is 52.3 Å². The number of carbonyl (C=O) groups excluding carboxylic acids is 1. The molecular formula is C12H11BrN2O. The number of halogens is 1.